The Labute approximate surface area is 175 Å². The SMILES string of the molecule is COc1ccccc1C=CC=NNC(=O)c1cccc(S(=O)(=O)N2CCOCC2)c1. The summed E-state index contributed by atoms with van der Waals surface area (Å²) < 4.78 is 37.3. The number of nitrogens with one attached hydrogen (secondary N) is 1. The van der Waals surface area contributed by atoms with Gasteiger partial charge in [0, 0.05) is 30.4 Å². The van der Waals surface area contributed by atoms with Crippen LogP contribution in [0.2, 0.25) is 0 Å². The molecule has 0 unspecified atom stereocenters. The van der Waals surface area contributed by atoms with E-state index in [2.05, 4.69) is 10.5 Å². The second kappa shape index (κ2) is 10.1. The molecule has 1 aliphatic heterocycles. The van der Waals surface area contributed by atoms with Gasteiger partial charge in [0.25, 0.3) is 5.91 Å². The molecule has 0 saturated carbocycles. The summed E-state index contributed by atoms with van der Waals surface area (Å²) in [7, 11) is -2.08. The molecule has 0 bridgehead atoms. The van der Waals surface area contributed by atoms with Crippen LogP contribution in [0.1, 0.15) is 15.9 Å². The number of hydrogen-bond donors (Lipinski definition) is 1. The fourth-order valence-corrected chi connectivity index (χ4v) is 4.34. The van der Waals surface area contributed by atoms with Crippen molar-refractivity contribution in [3.05, 3.63) is 65.7 Å². The second-order valence-corrected chi connectivity index (χ2v) is 8.30. The average molecular weight is 429 g/mol. The maximum Gasteiger partial charge on any atom is 0.271 e. The highest BCUT2D eigenvalue weighted by molar-refractivity contribution is 7.89. The number of carbonyl (C=O) groups excluding carboxylic acids is 1. The predicted molar refractivity (Wildman–Crippen MR) is 114 cm³/mol. The molecule has 9 heteroatoms. The Balaban J connectivity index is 1.64. The molecule has 8 nitrogen and oxygen atoms in total. The number of rotatable bonds is 7. The van der Waals surface area contributed by atoms with Gasteiger partial charge in [-0.15, -0.1) is 0 Å². The molecule has 1 aliphatic rings. The zero-order chi connectivity index (χ0) is 21.4. The molecular weight excluding hydrogens is 406 g/mol. The number of carbonyl (C=O) groups is 1. The van der Waals surface area contributed by atoms with E-state index >= 15 is 0 Å². The van der Waals surface area contributed by atoms with Gasteiger partial charge in [0.1, 0.15) is 5.75 Å². The molecule has 1 fully saturated rings. The maximum atomic E-state index is 12.7. The van der Waals surface area contributed by atoms with E-state index in [1.807, 2.05) is 24.3 Å². The van der Waals surface area contributed by atoms with E-state index in [1.54, 1.807) is 19.3 Å². The molecule has 1 N–H and O–H groups in total. The Bertz CT molecular complexity index is 1040. The Hall–Kier alpha value is -3.01. The number of nitrogens with zero attached hydrogens (tertiary/aromatic N) is 2. The summed E-state index contributed by atoms with van der Waals surface area (Å²) in [5.74, 6) is 0.223. The molecule has 1 heterocycles. The number of methoxy groups -OCH3 is 1. The minimum Gasteiger partial charge on any atom is -0.496 e. The minimum atomic E-state index is -3.67. The molecule has 0 aromatic heterocycles. The highest BCUT2D eigenvalue weighted by Crippen LogP contribution is 2.19. The molecule has 0 spiro atoms. The number of para-hydroxylation sites is 1. The van der Waals surface area contributed by atoms with Gasteiger partial charge in [-0.2, -0.15) is 9.41 Å². The Morgan fingerprint density at radius 2 is 1.93 bits per heavy atom. The number of amides is 1. The number of sulfonamides is 1. The largest absolute Gasteiger partial charge is 0.496 e. The third kappa shape index (κ3) is 5.32. The van der Waals surface area contributed by atoms with Crippen LogP contribution in [0.25, 0.3) is 6.08 Å². The molecule has 0 aliphatic carbocycles. The van der Waals surface area contributed by atoms with Gasteiger partial charge in [-0.1, -0.05) is 24.3 Å². The Morgan fingerprint density at radius 3 is 2.70 bits per heavy atom. The van der Waals surface area contributed by atoms with Crippen LogP contribution in [0, 0.1) is 0 Å². The van der Waals surface area contributed by atoms with Crippen LogP contribution in [-0.2, 0) is 14.8 Å². The first-order valence-electron chi connectivity index (χ1n) is 9.33. The lowest BCUT2D eigenvalue weighted by Gasteiger charge is -2.26. The number of hydrazone groups is 1. The van der Waals surface area contributed by atoms with Gasteiger partial charge >= 0.3 is 0 Å². The van der Waals surface area contributed by atoms with Gasteiger partial charge in [0.15, 0.2) is 0 Å². The number of benzene rings is 2. The van der Waals surface area contributed by atoms with E-state index in [0.717, 1.165) is 11.3 Å². The van der Waals surface area contributed by atoms with Gasteiger partial charge < -0.3 is 9.47 Å². The van der Waals surface area contributed by atoms with Crippen molar-refractivity contribution in [1.82, 2.24) is 9.73 Å². The molecule has 30 heavy (non-hydrogen) atoms. The van der Waals surface area contributed by atoms with Gasteiger partial charge in [-0.3, -0.25) is 4.79 Å². The van der Waals surface area contributed by atoms with Crippen molar-refractivity contribution in [2.24, 2.45) is 5.10 Å². The molecular formula is C21H23N3O5S. The van der Waals surface area contributed by atoms with E-state index in [4.69, 9.17) is 9.47 Å². The number of ether oxygens (including phenoxy) is 2. The zero-order valence-corrected chi connectivity index (χ0v) is 17.3. The minimum absolute atomic E-state index is 0.0668. The van der Waals surface area contributed by atoms with Gasteiger partial charge in [-0.25, -0.2) is 13.8 Å². The summed E-state index contributed by atoms with van der Waals surface area (Å²) in [4.78, 5) is 12.4. The maximum absolute atomic E-state index is 12.7. The quantitative estimate of drug-likeness (QED) is 0.537. The number of morpholine rings is 1. The molecule has 3 rings (SSSR count). The van der Waals surface area contributed by atoms with Crippen LogP contribution >= 0.6 is 0 Å². The highest BCUT2D eigenvalue weighted by atomic mass is 32.2. The number of hydrogen-bond acceptors (Lipinski definition) is 6. The van der Waals surface area contributed by atoms with Gasteiger partial charge in [0.05, 0.1) is 25.2 Å². The lowest BCUT2D eigenvalue weighted by molar-refractivity contribution is 0.0730. The highest BCUT2D eigenvalue weighted by Gasteiger charge is 2.26. The van der Waals surface area contributed by atoms with E-state index < -0.39 is 15.9 Å². The summed E-state index contributed by atoms with van der Waals surface area (Å²) in [5.41, 5.74) is 3.47. The average Bonchev–Trinajstić information content (AvgIpc) is 2.79. The molecule has 0 atom stereocenters. The van der Waals surface area contributed by atoms with E-state index in [1.165, 1.54) is 34.8 Å². The van der Waals surface area contributed by atoms with Crippen LogP contribution in [0.3, 0.4) is 0 Å². The van der Waals surface area contributed by atoms with E-state index in [0.29, 0.717) is 26.3 Å². The van der Waals surface area contributed by atoms with Crippen LogP contribution in [0.15, 0.2) is 64.6 Å². The lowest BCUT2D eigenvalue weighted by Crippen LogP contribution is -2.40. The summed E-state index contributed by atoms with van der Waals surface area (Å²) in [5, 5.41) is 3.87. The molecule has 1 amide bonds. The van der Waals surface area contributed by atoms with E-state index in [-0.39, 0.29) is 10.5 Å². The van der Waals surface area contributed by atoms with Crippen molar-refractivity contribution in [2.75, 3.05) is 33.4 Å². The van der Waals surface area contributed by atoms with Crippen LogP contribution in [0.5, 0.6) is 5.75 Å². The van der Waals surface area contributed by atoms with Crippen molar-refractivity contribution in [2.45, 2.75) is 4.90 Å². The van der Waals surface area contributed by atoms with Crippen molar-refractivity contribution in [3.8, 4) is 5.75 Å². The fourth-order valence-electron chi connectivity index (χ4n) is 2.89. The summed E-state index contributed by atoms with van der Waals surface area (Å²) in [6.45, 7) is 1.30. The van der Waals surface area contributed by atoms with Crippen LogP contribution < -0.4 is 10.2 Å². The van der Waals surface area contributed by atoms with Crippen LogP contribution in [-0.4, -0.2) is 58.3 Å². The standard InChI is InChI=1S/C21H23N3O5S/c1-28-20-10-3-2-6-17(20)8-5-11-22-23-21(25)18-7-4-9-19(16-18)30(26,27)24-12-14-29-15-13-24/h2-11,16H,12-15H2,1H3,(H,23,25). The topological polar surface area (TPSA) is 97.3 Å². The van der Waals surface area contributed by atoms with Crippen molar-refractivity contribution < 1.29 is 22.7 Å². The molecule has 1 saturated heterocycles. The third-order valence-corrected chi connectivity index (χ3v) is 6.34. The van der Waals surface area contributed by atoms with Crippen LogP contribution in [0.4, 0.5) is 0 Å². The molecule has 2 aromatic carbocycles. The molecule has 2 aromatic rings. The first kappa shape index (κ1) is 21.7. The second-order valence-electron chi connectivity index (χ2n) is 6.36. The summed E-state index contributed by atoms with van der Waals surface area (Å²) in [6, 6.07) is 13.4. The summed E-state index contributed by atoms with van der Waals surface area (Å²) >= 11 is 0. The van der Waals surface area contributed by atoms with Gasteiger partial charge in [0.2, 0.25) is 10.0 Å². The third-order valence-electron chi connectivity index (χ3n) is 4.45. The Kier molecular flexibility index (Phi) is 7.34. The smallest absolute Gasteiger partial charge is 0.271 e. The predicted octanol–water partition coefficient (Wildman–Crippen LogP) is 2.15. The lowest BCUT2D eigenvalue weighted by atomic mass is 10.2. The summed E-state index contributed by atoms with van der Waals surface area (Å²) in [6.07, 6.45) is 4.89. The molecule has 158 valence electrons. The van der Waals surface area contributed by atoms with E-state index in [9.17, 15) is 13.2 Å². The normalized spacial score (nSPS) is 15.5. The van der Waals surface area contributed by atoms with Gasteiger partial charge in [-0.05, 0) is 36.4 Å². The fraction of sp³-hybridized carbons (Fsp3) is 0.238. The van der Waals surface area contributed by atoms with Crippen molar-refractivity contribution in [1.29, 1.82) is 0 Å². The monoisotopic (exact) mass is 429 g/mol. The first-order valence-corrected chi connectivity index (χ1v) is 10.8. The Morgan fingerprint density at radius 1 is 1.17 bits per heavy atom. The molecule has 0 radical (unpaired) electrons. The first-order chi connectivity index (χ1) is 14.5. The van der Waals surface area contributed by atoms with Crippen molar-refractivity contribution >= 4 is 28.2 Å². The zero-order valence-electron chi connectivity index (χ0n) is 16.5. The number of allylic oxidation sites excluding steroid dienone is 1. The van der Waals surface area contributed by atoms with Crippen molar-refractivity contribution in [3.63, 3.8) is 0 Å².